The highest BCUT2D eigenvalue weighted by Gasteiger charge is 2.24. The van der Waals surface area contributed by atoms with Crippen LogP contribution in [-0.4, -0.2) is 37.4 Å². The number of nitrogens with one attached hydrogen (secondary N) is 2. The second kappa shape index (κ2) is 6.43. The van der Waals surface area contributed by atoms with Gasteiger partial charge in [-0.25, -0.2) is 9.97 Å². The zero-order valence-electron chi connectivity index (χ0n) is 14.2. The molecule has 9 nitrogen and oxygen atoms in total. The minimum absolute atomic E-state index is 0.0441. The van der Waals surface area contributed by atoms with Gasteiger partial charge in [-0.05, 0) is 25.0 Å². The van der Waals surface area contributed by atoms with Crippen molar-refractivity contribution >= 4 is 17.4 Å². The SMILES string of the molecule is Cc1nc(C(=O)NC2CCNc3ccccc32)c(N)nc1-n1nccn1. The molecular weight excluding hydrogens is 332 g/mol. The Hall–Kier alpha value is -3.49. The van der Waals surface area contributed by atoms with Gasteiger partial charge in [0.25, 0.3) is 5.91 Å². The van der Waals surface area contributed by atoms with Gasteiger partial charge in [-0.2, -0.15) is 10.2 Å². The molecule has 26 heavy (non-hydrogen) atoms. The lowest BCUT2D eigenvalue weighted by Gasteiger charge is -2.27. The summed E-state index contributed by atoms with van der Waals surface area (Å²) >= 11 is 0. The Morgan fingerprint density at radius 1 is 1.27 bits per heavy atom. The van der Waals surface area contributed by atoms with E-state index in [4.69, 9.17) is 5.73 Å². The van der Waals surface area contributed by atoms with Crippen LogP contribution < -0.4 is 16.4 Å². The molecule has 0 saturated carbocycles. The number of anilines is 2. The molecule has 1 atom stereocenters. The highest BCUT2D eigenvalue weighted by atomic mass is 16.2. The van der Waals surface area contributed by atoms with E-state index in [1.165, 1.54) is 17.2 Å². The normalized spacial score (nSPS) is 15.8. The molecular formula is C17H18N8O. The van der Waals surface area contributed by atoms with Crippen LogP contribution in [-0.2, 0) is 0 Å². The van der Waals surface area contributed by atoms with E-state index in [0.717, 1.165) is 24.2 Å². The fourth-order valence-electron chi connectivity index (χ4n) is 3.05. The van der Waals surface area contributed by atoms with Crippen molar-refractivity contribution in [2.24, 2.45) is 0 Å². The van der Waals surface area contributed by atoms with Gasteiger partial charge in [0.15, 0.2) is 17.3 Å². The van der Waals surface area contributed by atoms with Crippen LogP contribution >= 0.6 is 0 Å². The molecule has 4 rings (SSSR count). The maximum Gasteiger partial charge on any atom is 0.274 e. The predicted octanol–water partition coefficient (Wildman–Crippen LogP) is 1.23. The number of nitrogens with zero attached hydrogens (tertiary/aromatic N) is 5. The van der Waals surface area contributed by atoms with Crippen molar-refractivity contribution in [3.05, 3.63) is 53.6 Å². The van der Waals surface area contributed by atoms with E-state index >= 15 is 0 Å². The van der Waals surface area contributed by atoms with E-state index in [-0.39, 0.29) is 23.5 Å². The third kappa shape index (κ3) is 2.83. The van der Waals surface area contributed by atoms with Gasteiger partial charge in [0, 0.05) is 12.2 Å². The van der Waals surface area contributed by atoms with E-state index in [0.29, 0.717) is 11.5 Å². The Morgan fingerprint density at radius 3 is 2.85 bits per heavy atom. The first-order valence-electron chi connectivity index (χ1n) is 8.28. The topological polar surface area (TPSA) is 124 Å². The van der Waals surface area contributed by atoms with E-state index in [1.54, 1.807) is 6.92 Å². The molecule has 4 N–H and O–H groups in total. The van der Waals surface area contributed by atoms with Crippen molar-refractivity contribution in [1.29, 1.82) is 0 Å². The largest absolute Gasteiger partial charge is 0.385 e. The first-order valence-corrected chi connectivity index (χ1v) is 8.28. The number of amides is 1. The first-order chi connectivity index (χ1) is 12.6. The van der Waals surface area contributed by atoms with Crippen LogP contribution in [0.5, 0.6) is 0 Å². The molecule has 9 heteroatoms. The molecule has 1 amide bonds. The summed E-state index contributed by atoms with van der Waals surface area (Å²) in [6, 6.07) is 7.81. The van der Waals surface area contributed by atoms with Gasteiger partial charge in [-0.15, -0.1) is 4.80 Å². The highest BCUT2D eigenvalue weighted by molar-refractivity contribution is 5.96. The molecule has 0 aliphatic carbocycles. The van der Waals surface area contributed by atoms with Crippen LogP contribution in [0.1, 0.15) is 34.2 Å². The minimum atomic E-state index is -0.347. The van der Waals surface area contributed by atoms with Crippen LogP contribution in [0.25, 0.3) is 5.82 Å². The molecule has 1 aliphatic rings. The van der Waals surface area contributed by atoms with Crippen molar-refractivity contribution in [2.45, 2.75) is 19.4 Å². The van der Waals surface area contributed by atoms with Crippen LogP contribution in [0, 0.1) is 6.92 Å². The molecule has 0 bridgehead atoms. The van der Waals surface area contributed by atoms with Gasteiger partial charge < -0.3 is 16.4 Å². The number of benzene rings is 1. The molecule has 132 valence electrons. The van der Waals surface area contributed by atoms with Gasteiger partial charge >= 0.3 is 0 Å². The summed E-state index contributed by atoms with van der Waals surface area (Å²) in [5, 5.41) is 14.4. The molecule has 0 fully saturated rings. The molecule has 2 aromatic heterocycles. The fourth-order valence-corrected chi connectivity index (χ4v) is 3.05. The van der Waals surface area contributed by atoms with Crippen LogP contribution in [0.4, 0.5) is 11.5 Å². The Bertz CT molecular complexity index is 953. The average Bonchev–Trinajstić information content (AvgIpc) is 3.18. The average molecular weight is 350 g/mol. The van der Waals surface area contributed by atoms with E-state index < -0.39 is 0 Å². The lowest BCUT2D eigenvalue weighted by atomic mass is 9.98. The van der Waals surface area contributed by atoms with Crippen molar-refractivity contribution in [3.8, 4) is 5.82 Å². The zero-order valence-corrected chi connectivity index (χ0v) is 14.2. The van der Waals surface area contributed by atoms with Crippen molar-refractivity contribution < 1.29 is 4.79 Å². The van der Waals surface area contributed by atoms with Gasteiger partial charge in [0.05, 0.1) is 24.1 Å². The van der Waals surface area contributed by atoms with Crippen LogP contribution in [0.15, 0.2) is 36.7 Å². The van der Waals surface area contributed by atoms with Gasteiger partial charge in [0.1, 0.15) is 0 Å². The molecule has 1 aromatic carbocycles. The molecule has 0 radical (unpaired) electrons. The summed E-state index contributed by atoms with van der Waals surface area (Å²) in [7, 11) is 0. The number of nitrogen functional groups attached to an aromatic ring is 1. The summed E-state index contributed by atoms with van der Waals surface area (Å²) in [6.45, 7) is 2.52. The Kier molecular flexibility index (Phi) is 3.96. The maximum atomic E-state index is 12.7. The maximum absolute atomic E-state index is 12.7. The third-order valence-electron chi connectivity index (χ3n) is 4.29. The Labute approximate surface area is 149 Å². The number of carbonyl (C=O) groups is 1. The van der Waals surface area contributed by atoms with E-state index in [2.05, 4.69) is 30.8 Å². The number of nitrogens with two attached hydrogens (primary N) is 1. The van der Waals surface area contributed by atoms with Crippen LogP contribution in [0.2, 0.25) is 0 Å². The first kappa shape index (κ1) is 16.0. The summed E-state index contributed by atoms with van der Waals surface area (Å²) in [5.41, 5.74) is 8.68. The number of aryl methyl sites for hydroxylation is 1. The highest BCUT2D eigenvalue weighted by Crippen LogP contribution is 2.29. The molecule has 0 spiro atoms. The number of carbonyl (C=O) groups excluding carboxylic acids is 1. The van der Waals surface area contributed by atoms with E-state index in [9.17, 15) is 4.79 Å². The molecule has 1 unspecified atom stereocenters. The lowest BCUT2D eigenvalue weighted by Crippen LogP contribution is -2.34. The van der Waals surface area contributed by atoms with Crippen molar-refractivity contribution in [1.82, 2.24) is 30.3 Å². The second-order valence-electron chi connectivity index (χ2n) is 6.01. The summed E-state index contributed by atoms with van der Waals surface area (Å²) in [4.78, 5) is 22.7. The second-order valence-corrected chi connectivity index (χ2v) is 6.01. The van der Waals surface area contributed by atoms with Crippen molar-refractivity contribution in [3.63, 3.8) is 0 Å². The standard InChI is InChI=1S/C17H18N8O/c1-10-16(25-20-8-9-21-25)24-15(18)14(22-10)17(26)23-13-6-7-19-12-5-3-2-4-11(12)13/h2-5,8-9,13,19H,6-7H2,1H3,(H2,18,24)(H,23,26). The van der Waals surface area contributed by atoms with Gasteiger partial charge in [-0.1, -0.05) is 18.2 Å². The number of hydrogen-bond acceptors (Lipinski definition) is 7. The Morgan fingerprint density at radius 2 is 2.04 bits per heavy atom. The Balaban J connectivity index is 1.61. The number of aromatic nitrogens is 5. The van der Waals surface area contributed by atoms with Crippen LogP contribution in [0.3, 0.4) is 0 Å². The third-order valence-corrected chi connectivity index (χ3v) is 4.29. The quantitative estimate of drug-likeness (QED) is 0.649. The number of fused-ring (bicyclic) bond motifs is 1. The lowest BCUT2D eigenvalue weighted by molar-refractivity contribution is 0.0930. The molecule has 1 aliphatic heterocycles. The fraction of sp³-hybridized carbons (Fsp3) is 0.235. The van der Waals surface area contributed by atoms with Gasteiger partial charge in [-0.3, -0.25) is 4.79 Å². The molecule has 0 saturated heterocycles. The summed E-state index contributed by atoms with van der Waals surface area (Å²) < 4.78 is 0. The summed E-state index contributed by atoms with van der Waals surface area (Å²) in [6.07, 6.45) is 3.85. The number of para-hydroxylation sites is 1. The van der Waals surface area contributed by atoms with Crippen molar-refractivity contribution in [2.75, 3.05) is 17.6 Å². The zero-order chi connectivity index (χ0) is 18.1. The van der Waals surface area contributed by atoms with E-state index in [1.807, 2.05) is 24.3 Å². The predicted molar refractivity (Wildman–Crippen MR) is 95.9 cm³/mol. The smallest absolute Gasteiger partial charge is 0.274 e. The number of hydrogen-bond donors (Lipinski definition) is 3. The summed E-state index contributed by atoms with van der Waals surface area (Å²) in [5.74, 6) is 0.0960. The number of rotatable bonds is 3. The minimum Gasteiger partial charge on any atom is -0.385 e. The molecule has 3 aromatic rings. The molecule has 3 heterocycles. The van der Waals surface area contributed by atoms with Gasteiger partial charge in [0.2, 0.25) is 0 Å². The monoisotopic (exact) mass is 350 g/mol.